The van der Waals surface area contributed by atoms with Gasteiger partial charge in [0.2, 0.25) is 0 Å². The van der Waals surface area contributed by atoms with Crippen LogP contribution in [0.3, 0.4) is 0 Å². The molecule has 5 nitrogen and oxygen atoms in total. The van der Waals surface area contributed by atoms with E-state index in [4.69, 9.17) is 14.5 Å². The molecule has 4 rings (SSSR count). The van der Waals surface area contributed by atoms with Crippen molar-refractivity contribution in [3.63, 3.8) is 0 Å². The number of hydrogen-bond acceptors (Lipinski definition) is 4. The predicted molar refractivity (Wildman–Crippen MR) is 144 cm³/mol. The van der Waals surface area contributed by atoms with E-state index in [0.29, 0.717) is 25.6 Å². The van der Waals surface area contributed by atoms with Gasteiger partial charge in [-0.2, -0.15) is 4.98 Å². The molecule has 0 fully saturated rings. The Morgan fingerprint density at radius 2 is 1.33 bits per heavy atom. The molecule has 0 aliphatic rings. The Morgan fingerprint density at radius 3 is 2.00 bits per heavy atom. The molecule has 0 aliphatic heterocycles. The quantitative estimate of drug-likeness (QED) is 0.146. The minimum atomic E-state index is -0.1000. The maximum absolute atomic E-state index is 11.5. The van der Waals surface area contributed by atoms with Gasteiger partial charge in [0.05, 0.1) is 24.6 Å². The van der Waals surface area contributed by atoms with E-state index >= 15 is 0 Å². The number of hydrogen-bond donors (Lipinski definition) is 0. The summed E-state index contributed by atoms with van der Waals surface area (Å²) in [5.41, 5.74) is 5.07. The Hall–Kier alpha value is -3.86. The number of benzene rings is 3. The summed E-state index contributed by atoms with van der Waals surface area (Å²) in [5.74, 6) is -0.1000. The summed E-state index contributed by atoms with van der Waals surface area (Å²) in [6, 6.07) is 31.5. The van der Waals surface area contributed by atoms with Crippen LogP contribution in [0.5, 0.6) is 6.01 Å². The van der Waals surface area contributed by atoms with Gasteiger partial charge in [0, 0.05) is 17.5 Å². The Morgan fingerprint density at radius 1 is 0.750 bits per heavy atom. The van der Waals surface area contributed by atoms with Crippen molar-refractivity contribution in [2.45, 2.75) is 45.4 Å². The van der Waals surface area contributed by atoms with Crippen LogP contribution in [0.15, 0.2) is 91.0 Å². The van der Waals surface area contributed by atoms with Gasteiger partial charge in [-0.1, -0.05) is 98.1 Å². The zero-order valence-corrected chi connectivity index (χ0v) is 20.9. The van der Waals surface area contributed by atoms with E-state index in [1.807, 2.05) is 49.4 Å². The average Bonchev–Trinajstić information content (AvgIpc) is 3.31. The van der Waals surface area contributed by atoms with Crippen molar-refractivity contribution in [2.75, 3.05) is 13.2 Å². The first-order chi connectivity index (χ1) is 17.8. The Bertz CT molecular complexity index is 1200. The Balaban J connectivity index is 1.52. The van der Waals surface area contributed by atoms with E-state index in [2.05, 4.69) is 53.1 Å². The third-order valence-electron chi connectivity index (χ3n) is 6.02. The topological polar surface area (TPSA) is 53.4 Å². The molecule has 36 heavy (non-hydrogen) atoms. The van der Waals surface area contributed by atoms with Gasteiger partial charge >= 0.3 is 12.0 Å². The third kappa shape index (κ3) is 6.63. The highest BCUT2D eigenvalue weighted by Crippen LogP contribution is 2.37. The van der Waals surface area contributed by atoms with E-state index in [1.54, 1.807) is 0 Å². The van der Waals surface area contributed by atoms with Crippen LogP contribution in [0, 0.1) is 0 Å². The lowest BCUT2D eigenvalue weighted by molar-refractivity contribution is -0.143. The summed E-state index contributed by atoms with van der Waals surface area (Å²) in [6.07, 6.45) is 5.45. The van der Waals surface area contributed by atoms with Crippen LogP contribution in [0.4, 0.5) is 0 Å². The zero-order valence-electron chi connectivity index (χ0n) is 20.9. The number of unbranched alkanes of at least 4 members (excludes halogenated alkanes) is 4. The molecule has 5 heteroatoms. The number of aromatic nitrogens is 2. The molecular weight excluding hydrogens is 448 g/mol. The van der Waals surface area contributed by atoms with Crippen molar-refractivity contribution in [3.8, 4) is 34.2 Å². The van der Waals surface area contributed by atoms with Gasteiger partial charge < -0.3 is 9.47 Å². The summed E-state index contributed by atoms with van der Waals surface area (Å²) < 4.78 is 13.4. The van der Waals surface area contributed by atoms with Crippen LogP contribution in [-0.4, -0.2) is 28.7 Å². The van der Waals surface area contributed by atoms with Crippen molar-refractivity contribution in [3.05, 3.63) is 91.0 Å². The maximum Gasteiger partial charge on any atom is 0.305 e. The van der Waals surface area contributed by atoms with Gasteiger partial charge in [-0.3, -0.25) is 9.36 Å². The largest absolute Gasteiger partial charge is 0.466 e. The highest BCUT2D eigenvalue weighted by Gasteiger charge is 2.22. The highest BCUT2D eigenvalue weighted by atomic mass is 16.5. The summed E-state index contributed by atoms with van der Waals surface area (Å²) in [5, 5.41) is 0. The summed E-state index contributed by atoms with van der Waals surface area (Å²) in [6.45, 7) is 2.88. The molecule has 0 saturated carbocycles. The summed E-state index contributed by atoms with van der Waals surface area (Å²) >= 11 is 0. The molecule has 0 radical (unpaired) electrons. The molecule has 0 atom stereocenters. The van der Waals surface area contributed by atoms with E-state index < -0.39 is 0 Å². The molecule has 0 amide bonds. The predicted octanol–water partition coefficient (Wildman–Crippen LogP) is 7.49. The fourth-order valence-electron chi connectivity index (χ4n) is 4.27. The van der Waals surface area contributed by atoms with Gasteiger partial charge in [0.15, 0.2) is 0 Å². The number of rotatable bonds is 13. The van der Waals surface area contributed by atoms with Crippen LogP contribution < -0.4 is 4.74 Å². The number of esters is 1. The number of para-hydroxylation sites is 1. The molecule has 0 aliphatic carbocycles. The second-order valence-electron chi connectivity index (χ2n) is 8.67. The second kappa shape index (κ2) is 13.3. The van der Waals surface area contributed by atoms with E-state index in [1.165, 1.54) is 0 Å². The number of imidazole rings is 1. The van der Waals surface area contributed by atoms with Crippen molar-refractivity contribution in [1.29, 1.82) is 0 Å². The molecule has 0 spiro atoms. The van der Waals surface area contributed by atoms with Crippen LogP contribution in [0.25, 0.3) is 28.2 Å². The molecule has 0 unspecified atom stereocenters. The minimum absolute atomic E-state index is 0.1000. The lowest BCUT2D eigenvalue weighted by Gasteiger charge is -2.13. The molecule has 0 N–H and O–H groups in total. The minimum Gasteiger partial charge on any atom is -0.466 e. The molecule has 4 aromatic rings. The normalized spacial score (nSPS) is 10.8. The van der Waals surface area contributed by atoms with Crippen molar-refractivity contribution >= 4 is 5.97 Å². The molecule has 0 bridgehead atoms. The number of carbonyl (C=O) groups is 1. The number of nitrogens with zero attached hydrogens (tertiary/aromatic N) is 2. The van der Waals surface area contributed by atoms with E-state index in [-0.39, 0.29) is 5.97 Å². The number of ether oxygens (including phenoxy) is 2. The van der Waals surface area contributed by atoms with Crippen molar-refractivity contribution in [1.82, 2.24) is 9.55 Å². The van der Waals surface area contributed by atoms with Gasteiger partial charge in [-0.15, -0.1) is 0 Å². The highest BCUT2D eigenvalue weighted by molar-refractivity contribution is 5.81. The smallest absolute Gasteiger partial charge is 0.305 e. The van der Waals surface area contributed by atoms with Gasteiger partial charge in [-0.05, 0) is 31.9 Å². The molecule has 186 valence electrons. The fraction of sp³-hybridized carbons (Fsp3) is 0.290. The Kier molecular flexibility index (Phi) is 9.32. The summed E-state index contributed by atoms with van der Waals surface area (Å²) in [7, 11) is 0. The van der Waals surface area contributed by atoms with Gasteiger partial charge in [0.25, 0.3) is 0 Å². The van der Waals surface area contributed by atoms with Gasteiger partial charge in [-0.25, -0.2) is 0 Å². The molecular formula is C31H34N2O3. The number of carbonyl (C=O) groups excluding carboxylic acids is 1. The standard InChI is InChI=1S/C31H34N2O3/c1-2-35-28(34)23-15-4-3-5-16-24-36-31-32-29(25-17-9-6-10-18-25)30(26-19-11-7-12-20-26)33(31)27-21-13-8-14-22-27/h6-14,17-22H,2-5,15-16,23-24H2,1H3. The lowest BCUT2D eigenvalue weighted by Crippen LogP contribution is -2.05. The molecule has 0 saturated heterocycles. The van der Waals surface area contributed by atoms with Crippen LogP contribution >= 0.6 is 0 Å². The van der Waals surface area contributed by atoms with Crippen LogP contribution in [0.1, 0.15) is 45.4 Å². The summed E-state index contributed by atoms with van der Waals surface area (Å²) in [4.78, 5) is 16.5. The van der Waals surface area contributed by atoms with Crippen molar-refractivity contribution in [2.24, 2.45) is 0 Å². The first kappa shape index (κ1) is 25.2. The SMILES string of the molecule is CCOC(=O)CCCCCCCOc1nc(-c2ccccc2)c(-c2ccccc2)n1-c1ccccc1. The first-order valence-corrected chi connectivity index (χ1v) is 12.9. The second-order valence-corrected chi connectivity index (χ2v) is 8.67. The monoisotopic (exact) mass is 482 g/mol. The first-order valence-electron chi connectivity index (χ1n) is 12.9. The third-order valence-corrected chi connectivity index (χ3v) is 6.02. The van der Waals surface area contributed by atoms with Gasteiger partial charge in [0.1, 0.15) is 5.69 Å². The van der Waals surface area contributed by atoms with E-state index in [9.17, 15) is 4.79 Å². The molecule has 3 aromatic carbocycles. The lowest BCUT2D eigenvalue weighted by atomic mass is 10.0. The average molecular weight is 483 g/mol. The van der Waals surface area contributed by atoms with Crippen molar-refractivity contribution < 1.29 is 14.3 Å². The van der Waals surface area contributed by atoms with Crippen LogP contribution in [0.2, 0.25) is 0 Å². The molecule has 1 aromatic heterocycles. The van der Waals surface area contributed by atoms with Crippen LogP contribution in [-0.2, 0) is 9.53 Å². The zero-order chi connectivity index (χ0) is 25.0. The maximum atomic E-state index is 11.5. The molecule has 1 heterocycles. The fourth-order valence-corrected chi connectivity index (χ4v) is 4.27. The Labute approximate surface area is 213 Å². The van der Waals surface area contributed by atoms with E-state index in [0.717, 1.165) is 60.3 Å².